The van der Waals surface area contributed by atoms with E-state index in [1.807, 2.05) is 0 Å². The molecule has 0 aliphatic rings. The van der Waals surface area contributed by atoms with Crippen LogP contribution >= 0.6 is 27.5 Å². The Hall–Kier alpha value is -1.39. The van der Waals surface area contributed by atoms with Crippen LogP contribution in [0.2, 0.25) is 5.02 Å². The number of hydrogen-bond acceptors (Lipinski definition) is 1. The van der Waals surface area contributed by atoms with Gasteiger partial charge in [0.15, 0.2) is 0 Å². The monoisotopic (exact) mass is 341 g/mol. The van der Waals surface area contributed by atoms with Crippen molar-refractivity contribution in [3.63, 3.8) is 0 Å². The fourth-order valence-electron chi connectivity index (χ4n) is 1.66. The smallest absolute Gasteiger partial charge is 0.255 e. The van der Waals surface area contributed by atoms with Crippen molar-refractivity contribution in [1.29, 1.82) is 0 Å². The number of anilines is 1. The molecule has 0 saturated carbocycles. The van der Waals surface area contributed by atoms with Crippen LogP contribution in [0.3, 0.4) is 0 Å². The first-order valence-corrected chi connectivity index (χ1v) is 6.67. The summed E-state index contributed by atoms with van der Waals surface area (Å²) in [6.45, 7) is 1.79. The third-order valence-electron chi connectivity index (χ3n) is 2.61. The number of hydrogen-bond donors (Lipinski definition) is 1. The van der Waals surface area contributed by atoms with Gasteiger partial charge in [-0.25, -0.2) is 4.39 Å². The highest BCUT2D eigenvalue weighted by Crippen LogP contribution is 2.24. The molecule has 2 rings (SSSR count). The zero-order valence-corrected chi connectivity index (χ0v) is 12.3. The fraction of sp³-hybridized carbons (Fsp3) is 0.0714. The van der Waals surface area contributed by atoms with E-state index in [0.29, 0.717) is 20.7 Å². The normalized spacial score (nSPS) is 10.3. The van der Waals surface area contributed by atoms with Crippen LogP contribution < -0.4 is 5.32 Å². The average Bonchev–Trinajstić information content (AvgIpc) is 2.33. The Labute approximate surface area is 123 Å². The number of halogens is 3. The van der Waals surface area contributed by atoms with Gasteiger partial charge in [0.05, 0.1) is 5.69 Å². The van der Waals surface area contributed by atoms with E-state index in [-0.39, 0.29) is 5.91 Å². The molecule has 19 heavy (non-hydrogen) atoms. The Balaban J connectivity index is 2.28. The highest BCUT2D eigenvalue weighted by atomic mass is 79.9. The quantitative estimate of drug-likeness (QED) is 0.834. The van der Waals surface area contributed by atoms with Gasteiger partial charge in [-0.15, -0.1) is 0 Å². The molecular formula is C14H10BrClFNO. The van der Waals surface area contributed by atoms with Crippen LogP contribution in [0.4, 0.5) is 10.1 Å². The molecule has 0 aliphatic carbocycles. The Morgan fingerprint density at radius 3 is 2.68 bits per heavy atom. The van der Waals surface area contributed by atoms with Crippen molar-refractivity contribution in [2.24, 2.45) is 0 Å². The number of aryl methyl sites for hydroxylation is 1. The Morgan fingerprint density at radius 2 is 2.00 bits per heavy atom. The Kier molecular flexibility index (Phi) is 4.22. The van der Waals surface area contributed by atoms with Gasteiger partial charge in [0.1, 0.15) is 5.82 Å². The van der Waals surface area contributed by atoms with Crippen LogP contribution in [0, 0.1) is 12.7 Å². The van der Waals surface area contributed by atoms with Gasteiger partial charge in [0.2, 0.25) is 0 Å². The third-order valence-corrected chi connectivity index (χ3v) is 3.54. The van der Waals surface area contributed by atoms with Gasteiger partial charge >= 0.3 is 0 Å². The summed E-state index contributed by atoms with van der Waals surface area (Å²) in [4.78, 5) is 12.1. The molecule has 5 heteroatoms. The minimum absolute atomic E-state index is 0.305. The molecule has 1 amide bonds. The second-order valence-corrected chi connectivity index (χ2v) is 5.33. The molecule has 0 saturated heterocycles. The van der Waals surface area contributed by atoms with Crippen molar-refractivity contribution in [2.75, 3.05) is 5.32 Å². The van der Waals surface area contributed by atoms with Crippen molar-refractivity contribution in [3.05, 3.63) is 62.8 Å². The largest absolute Gasteiger partial charge is 0.321 e. The molecule has 0 spiro atoms. The second kappa shape index (κ2) is 5.72. The minimum atomic E-state index is -0.411. The van der Waals surface area contributed by atoms with Gasteiger partial charge in [-0.3, -0.25) is 4.79 Å². The molecule has 0 atom stereocenters. The van der Waals surface area contributed by atoms with Crippen molar-refractivity contribution >= 4 is 39.1 Å². The highest BCUT2D eigenvalue weighted by Gasteiger charge is 2.11. The molecule has 1 N–H and O–H groups in total. The predicted octanol–water partition coefficient (Wildman–Crippen LogP) is 4.80. The maximum Gasteiger partial charge on any atom is 0.255 e. The van der Waals surface area contributed by atoms with Gasteiger partial charge in [-0.05, 0) is 64.8 Å². The summed E-state index contributed by atoms with van der Waals surface area (Å²) in [5.74, 6) is -0.716. The fourth-order valence-corrected chi connectivity index (χ4v) is 2.24. The van der Waals surface area contributed by atoms with Crippen molar-refractivity contribution in [2.45, 2.75) is 6.92 Å². The number of nitrogens with one attached hydrogen (secondary N) is 1. The van der Waals surface area contributed by atoms with Gasteiger partial charge in [-0.1, -0.05) is 11.6 Å². The van der Waals surface area contributed by atoms with Crippen LogP contribution in [0.5, 0.6) is 0 Å². The van der Waals surface area contributed by atoms with Crippen molar-refractivity contribution < 1.29 is 9.18 Å². The molecule has 0 aromatic heterocycles. The summed E-state index contributed by atoms with van der Waals surface area (Å²) < 4.78 is 13.8. The van der Waals surface area contributed by atoms with Gasteiger partial charge in [0, 0.05) is 15.1 Å². The maximum atomic E-state index is 13.1. The van der Waals surface area contributed by atoms with E-state index in [2.05, 4.69) is 21.2 Å². The van der Waals surface area contributed by atoms with Crippen LogP contribution in [-0.2, 0) is 0 Å². The first-order valence-electron chi connectivity index (χ1n) is 5.50. The zero-order valence-electron chi connectivity index (χ0n) is 10.0. The molecule has 0 aliphatic heterocycles. The van der Waals surface area contributed by atoms with E-state index < -0.39 is 5.82 Å². The third kappa shape index (κ3) is 3.33. The standard InChI is InChI=1S/C14H10BrClFNO/c1-8-6-9(16)2-4-11(8)14(19)18-13-7-10(17)3-5-12(13)15/h2-7H,1H3,(H,18,19). The minimum Gasteiger partial charge on any atom is -0.321 e. The molecule has 0 unspecified atom stereocenters. The lowest BCUT2D eigenvalue weighted by Gasteiger charge is -2.09. The molecule has 98 valence electrons. The Bertz CT molecular complexity index is 645. The van der Waals surface area contributed by atoms with E-state index in [9.17, 15) is 9.18 Å². The molecule has 0 bridgehead atoms. The van der Waals surface area contributed by atoms with E-state index >= 15 is 0 Å². The summed E-state index contributed by atoms with van der Waals surface area (Å²) in [6, 6.07) is 9.10. The molecule has 0 heterocycles. The van der Waals surface area contributed by atoms with E-state index in [1.165, 1.54) is 12.1 Å². The lowest BCUT2D eigenvalue weighted by atomic mass is 10.1. The number of carbonyl (C=O) groups is 1. The van der Waals surface area contributed by atoms with E-state index in [4.69, 9.17) is 11.6 Å². The summed E-state index contributed by atoms with van der Waals surface area (Å²) in [6.07, 6.45) is 0. The first-order chi connectivity index (χ1) is 8.97. The molecular weight excluding hydrogens is 333 g/mol. The topological polar surface area (TPSA) is 29.1 Å². The second-order valence-electron chi connectivity index (χ2n) is 4.04. The SMILES string of the molecule is Cc1cc(Cl)ccc1C(=O)Nc1cc(F)ccc1Br. The molecule has 0 fully saturated rings. The van der Waals surface area contributed by atoms with Crippen LogP contribution in [0.15, 0.2) is 40.9 Å². The molecule has 0 radical (unpaired) electrons. The van der Waals surface area contributed by atoms with Gasteiger partial charge < -0.3 is 5.32 Å². The Morgan fingerprint density at radius 1 is 1.26 bits per heavy atom. The molecule has 2 aromatic carbocycles. The van der Waals surface area contributed by atoms with Crippen LogP contribution in [-0.4, -0.2) is 5.91 Å². The van der Waals surface area contributed by atoms with Crippen LogP contribution in [0.25, 0.3) is 0 Å². The summed E-state index contributed by atoms with van der Waals surface area (Å²) in [7, 11) is 0. The predicted molar refractivity (Wildman–Crippen MR) is 78.2 cm³/mol. The summed E-state index contributed by atoms with van der Waals surface area (Å²) >= 11 is 9.10. The number of carbonyl (C=O) groups excluding carboxylic acids is 1. The van der Waals surface area contributed by atoms with Gasteiger partial charge in [-0.2, -0.15) is 0 Å². The summed E-state index contributed by atoms with van der Waals surface area (Å²) in [5, 5.41) is 3.23. The van der Waals surface area contributed by atoms with Gasteiger partial charge in [0.25, 0.3) is 5.91 Å². The maximum absolute atomic E-state index is 13.1. The number of benzene rings is 2. The lowest BCUT2D eigenvalue weighted by Crippen LogP contribution is -2.13. The number of rotatable bonds is 2. The first kappa shape index (κ1) is 14.0. The van der Waals surface area contributed by atoms with Crippen LogP contribution in [0.1, 0.15) is 15.9 Å². The lowest BCUT2D eigenvalue weighted by molar-refractivity contribution is 0.102. The number of amides is 1. The molecule has 2 aromatic rings. The van der Waals surface area contributed by atoms with Crippen molar-refractivity contribution in [3.8, 4) is 0 Å². The van der Waals surface area contributed by atoms with E-state index in [1.54, 1.807) is 31.2 Å². The molecule has 2 nitrogen and oxygen atoms in total. The summed E-state index contributed by atoms with van der Waals surface area (Å²) in [5.41, 5.74) is 1.65. The highest BCUT2D eigenvalue weighted by molar-refractivity contribution is 9.10. The zero-order chi connectivity index (χ0) is 14.0. The van der Waals surface area contributed by atoms with Crippen molar-refractivity contribution in [1.82, 2.24) is 0 Å². The van der Waals surface area contributed by atoms with E-state index in [0.717, 1.165) is 5.56 Å². The average molecular weight is 343 g/mol.